The number of rotatable bonds is 9. The van der Waals surface area contributed by atoms with Gasteiger partial charge < -0.3 is 4.42 Å². The first kappa shape index (κ1) is 18.3. The zero-order valence-corrected chi connectivity index (χ0v) is 16.2. The molecule has 25 heavy (non-hydrogen) atoms. The van der Waals surface area contributed by atoms with Crippen molar-refractivity contribution < 1.29 is 4.42 Å². The maximum absolute atomic E-state index is 6.10. The molecule has 0 aliphatic rings. The first-order valence-electron chi connectivity index (χ1n) is 8.80. The molecule has 0 aliphatic heterocycles. The summed E-state index contributed by atoms with van der Waals surface area (Å²) in [5.41, 5.74) is 2.46. The zero-order valence-electron chi connectivity index (χ0n) is 14.7. The molecule has 3 rings (SSSR count). The predicted octanol–water partition coefficient (Wildman–Crippen LogP) is 5.80. The Morgan fingerprint density at radius 3 is 2.76 bits per heavy atom. The summed E-state index contributed by atoms with van der Waals surface area (Å²) >= 11 is 7.72. The summed E-state index contributed by atoms with van der Waals surface area (Å²) in [6.07, 6.45) is 9.53. The molecule has 0 fully saturated rings. The van der Waals surface area contributed by atoms with Crippen molar-refractivity contribution in [3.8, 4) is 11.6 Å². The lowest BCUT2D eigenvalue weighted by atomic mass is 10.1. The van der Waals surface area contributed by atoms with Crippen LogP contribution in [-0.2, 0) is 0 Å². The van der Waals surface area contributed by atoms with Gasteiger partial charge in [-0.1, -0.05) is 62.4 Å². The smallest absolute Gasteiger partial charge is 0.276 e. The third-order valence-corrected chi connectivity index (χ3v) is 5.22. The lowest BCUT2D eigenvalue weighted by molar-refractivity contribution is 0.463. The molecule has 3 aromatic heterocycles. The van der Waals surface area contributed by atoms with Crippen LogP contribution in [0.3, 0.4) is 0 Å². The molecule has 3 heterocycles. The van der Waals surface area contributed by atoms with Crippen LogP contribution in [-0.4, -0.2) is 25.3 Å². The fraction of sp³-hybridized carbons (Fsp3) is 0.500. The van der Waals surface area contributed by atoms with Gasteiger partial charge in [-0.15, -0.1) is 10.2 Å². The Balaban J connectivity index is 1.62. The molecule has 5 nitrogen and oxygen atoms in total. The van der Waals surface area contributed by atoms with Gasteiger partial charge in [0.25, 0.3) is 11.1 Å². The van der Waals surface area contributed by atoms with E-state index in [0.717, 1.165) is 22.8 Å². The number of pyridine rings is 1. The Morgan fingerprint density at radius 1 is 1.12 bits per heavy atom. The van der Waals surface area contributed by atoms with E-state index in [1.54, 1.807) is 11.8 Å². The van der Waals surface area contributed by atoms with E-state index in [0.29, 0.717) is 16.1 Å². The van der Waals surface area contributed by atoms with E-state index in [4.69, 9.17) is 16.0 Å². The summed E-state index contributed by atoms with van der Waals surface area (Å²) in [5.74, 6) is 1.49. The molecule has 0 aliphatic carbocycles. The standard InChI is InChI=1S/C18H23ClN4OS/c1-3-4-5-6-7-8-11-25-18-22-21-17(24-18)16-13(2)20-15-10-9-14(19)12-23(15)16/h9-10,12H,3-8,11H2,1-2H3. The van der Waals surface area contributed by atoms with Crippen LogP contribution in [0.25, 0.3) is 17.2 Å². The van der Waals surface area contributed by atoms with E-state index in [-0.39, 0.29) is 0 Å². The maximum Gasteiger partial charge on any atom is 0.276 e. The van der Waals surface area contributed by atoms with Gasteiger partial charge in [0.15, 0.2) is 0 Å². The second kappa shape index (κ2) is 8.72. The first-order valence-corrected chi connectivity index (χ1v) is 10.2. The van der Waals surface area contributed by atoms with Gasteiger partial charge in [0, 0.05) is 11.9 Å². The monoisotopic (exact) mass is 378 g/mol. The van der Waals surface area contributed by atoms with Crippen molar-refractivity contribution in [2.45, 2.75) is 57.6 Å². The van der Waals surface area contributed by atoms with Crippen LogP contribution in [0.2, 0.25) is 5.02 Å². The van der Waals surface area contributed by atoms with E-state index in [1.807, 2.05) is 29.7 Å². The largest absolute Gasteiger partial charge is 0.410 e. The van der Waals surface area contributed by atoms with Gasteiger partial charge in [-0.05, 0) is 25.5 Å². The normalized spacial score (nSPS) is 11.5. The lowest BCUT2D eigenvalue weighted by Gasteiger charge is -1.99. The highest BCUT2D eigenvalue weighted by atomic mass is 35.5. The number of unbranched alkanes of at least 4 members (excludes halogenated alkanes) is 5. The molecule has 0 N–H and O–H groups in total. The SMILES string of the molecule is CCCCCCCCSc1nnc(-c2c(C)nc3ccc(Cl)cn23)o1. The minimum Gasteiger partial charge on any atom is -0.410 e. The van der Waals surface area contributed by atoms with Crippen LogP contribution in [0.5, 0.6) is 0 Å². The highest BCUT2D eigenvalue weighted by Crippen LogP contribution is 2.28. The summed E-state index contributed by atoms with van der Waals surface area (Å²) in [5, 5.41) is 9.61. The van der Waals surface area contributed by atoms with E-state index in [2.05, 4.69) is 22.1 Å². The van der Waals surface area contributed by atoms with E-state index < -0.39 is 0 Å². The minimum atomic E-state index is 0.484. The van der Waals surface area contributed by atoms with Gasteiger partial charge in [0.2, 0.25) is 0 Å². The highest BCUT2D eigenvalue weighted by molar-refractivity contribution is 7.99. The van der Waals surface area contributed by atoms with E-state index >= 15 is 0 Å². The Bertz CT molecular complexity index is 830. The summed E-state index contributed by atoms with van der Waals surface area (Å²) in [6, 6.07) is 3.70. The lowest BCUT2D eigenvalue weighted by Crippen LogP contribution is -1.89. The van der Waals surface area contributed by atoms with Crippen molar-refractivity contribution in [3.05, 3.63) is 29.0 Å². The molecule has 0 atom stereocenters. The van der Waals surface area contributed by atoms with Crippen molar-refractivity contribution in [3.63, 3.8) is 0 Å². The van der Waals surface area contributed by atoms with Crippen LogP contribution >= 0.6 is 23.4 Å². The molecule has 0 bridgehead atoms. The summed E-state index contributed by atoms with van der Waals surface area (Å²) in [6.45, 7) is 4.17. The zero-order chi connectivity index (χ0) is 17.6. The maximum atomic E-state index is 6.10. The molecule has 7 heteroatoms. The van der Waals surface area contributed by atoms with E-state index in [9.17, 15) is 0 Å². The molecule has 0 amide bonds. The Labute approximate surface area is 157 Å². The van der Waals surface area contributed by atoms with E-state index in [1.165, 1.54) is 38.5 Å². The highest BCUT2D eigenvalue weighted by Gasteiger charge is 2.17. The van der Waals surface area contributed by atoms with Crippen LogP contribution in [0.1, 0.15) is 51.1 Å². The van der Waals surface area contributed by atoms with Crippen molar-refractivity contribution in [1.82, 2.24) is 19.6 Å². The predicted molar refractivity (Wildman–Crippen MR) is 102 cm³/mol. The molecular weight excluding hydrogens is 356 g/mol. The Hall–Kier alpha value is -1.53. The molecule has 0 aromatic carbocycles. The average molecular weight is 379 g/mol. The quantitative estimate of drug-likeness (QED) is 0.348. The molecule has 0 saturated carbocycles. The number of imidazole rings is 1. The van der Waals surface area contributed by atoms with Crippen molar-refractivity contribution >= 4 is 29.0 Å². The fourth-order valence-electron chi connectivity index (χ4n) is 2.80. The second-order valence-corrected chi connectivity index (χ2v) is 7.59. The average Bonchev–Trinajstić information content (AvgIpc) is 3.17. The number of nitrogens with zero attached hydrogens (tertiary/aromatic N) is 4. The molecular formula is C18H23ClN4OS. The molecule has 0 saturated heterocycles. The van der Waals surface area contributed by atoms with Gasteiger partial charge in [-0.25, -0.2) is 4.98 Å². The van der Waals surface area contributed by atoms with Gasteiger partial charge in [0.05, 0.1) is 10.7 Å². The number of halogens is 1. The number of thioether (sulfide) groups is 1. The number of aromatic nitrogens is 4. The third-order valence-electron chi connectivity index (χ3n) is 4.09. The molecule has 134 valence electrons. The Kier molecular flexibility index (Phi) is 6.37. The topological polar surface area (TPSA) is 56.2 Å². The summed E-state index contributed by atoms with van der Waals surface area (Å²) in [7, 11) is 0. The van der Waals surface area contributed by atoms with Crippen molar-refractivity contribution in [1.29, 1.82) is 0 Å². The minimum absolute atomic E-state index is 0.484. The van der Waals surface area contributed by atoms with Crippen molar-refractivity contribution in [2.24, 2.45) is 0 Å². The molecule has 0 unspecified atom stereocenters. The van der Waals surface area contributed by atoms with Gasteiger partial charge in [-0.2, -0.15) is 0 Å². The van der Waals surface area contributed by atoms with Crippen LogP contribution in [0.15, 0.2) is 28.0 Å². The Morgan fingerprint density at radius 2 is 1.92 bits per heavy atom. The fourth-order valence-corrected chi connectivity index (χ4v) is 3.72. The summed E-state index contributed by atoms with van der Waals surface area (Å²) < 4.78 is 7.73. The van der Waals surface area contributed by atoms with Gasteiger partial charge >= 0.3 is 0 Å². The molecule has 0 spiro atoms. The number of hydrogen-bond acceptors (Lipinski definition) is 5. The third kappa shape index (κ3) is 4.55. The number of hydrogen-bond donors (Lipinski definition) is 0. The molecule has 3 aromatic rings. The van der Waals surface area contributed by atoms with Crippen molar-refractivity contribution in [2.75, 3.05) is 5.75 Å². The first-order chi connectivity index (χ1) is 12.2. The number of fused-ring (bicyclic) bond motifs is 1. The van der Waals surface area contributed by atoms with Gasteiger partial charge in [0.1, 0.15) is 11.3 Å². The second-order valence-electron chi connectivity index (χ2n) is 6.11. The van der Waals surface area contributed by atoms with Crippen LogP contribution < -0.4 is 0 Å². The van der Waals surface area contributed by atoms with Crippen LogP contribution in [0, 0.1) is 6.92 Å². The summed E-state index contributed by atoms with van der Waals surface area (Å²) in [4.78, 5) is 4.52. The molecule has 0 radical (unpaired) electrons. The van der Waals surface area contributed by atoms with Crippen LogP contribution in [0.4, 0.5) is 0 Å². The number of aryl methyl sites for hydroxylation is 1. The van der Waals surface area contributed by atoms with Gasteiger partial charge in [-0.3, -0.25) is 4.40 Å².